The van der Waals surface area contributed by atoms with Crippen LogP contribution in [0.1, 0.15) is 13.3 Å². The van der Waals surface area contributed by atoms with E-state index >= 15 is 0 Å². The van der Waals surface area contributed by atoms with Crippen LogP contribution in [0, 0.1) is 0 Å². The van der Waals surface area contributed by atoms with Gasteiger partial charge in [-0.25, -0.2) is 0 Å². The monoisotopic (exact) mass is 328 g/mol. The van der Waals surface area contributed by atoms with Crippen LogP contribution in [0.15, 0.2) is 0 Å². The highest BCUT2D eigenvalue weighted by Gasteiger charge is 2.17. The lowest BCUT2D eigenvalue weighted by molar-refractivity contribution is -0.130. The van der Waals surface area contributed by atoms with Crippen molar-refractivity contribution in [2.75, 3.05) is 52.9 Å². The lowest BCUT2D eigenvalue weighted by Gasteiger charge is -2.34. The normalized spacial score (nSPS) is 15.0. The summed E-state index contributed by atoms with van der Waals surface area (Å²) in [5.74, 6) is 0.238. The Kier molecular flexibility index (Phi) is 13.3. The standard InChI is InChI=1S/C12H24N4O2.2ClH/c1-11(17)16-9-7-15(8-10-16)6-5-14-12(18)3-4-13-2;;/h13H,3-10H2,1-2H3,(H,14,18);2*1H. The number of hydrogen-bond acceptors (Lipinski definition) is 4. The molecule has 0 aromatic carbocycles. The molecule has 0 bridgehead atoms. The number of rotatable bonds is 6. The van der Waals surface area contributed by atoms with Crippen molar-refractivity contribution in [1.82, 2.24) is 20.4 Å². The van der Waals surface area contributed by atoms with Gasteiger partial charge in [0.15, 0.2) is 0 Å². The molecule has 1 heterocycles. The minimum atomic E-state index is 0. The molecule has 2 amide bonds. The Hall–Kier alpha value is -0.560. The zero-order chi connectivity index (χ0) is 13.4. The zero-order valence-electron chi connectivity index (χ0n) is 12.2. The van der Waals surface area contributed by atoms with Crippen molar-refractivity contribution < 1.29 is 9.59 Å². The van der Waals surface area contributed by atoms with Crippen molar-refractivity contribution in [3.63, 3.8) is 0 Å². The Morgan fingerprint density at radius 2 is 1.65 bits per heavy atom. The molecular formula is C12H26Cl2N4O2. The van der Waals surface area contributed by atoms with Crippen LogP contribution in [-0.2, 0) is 9.59 Å². The maximum atomic E-state index is 11.4. The molecule has 1 rings (SSSR count). The molecule has 0 radical (unpaired) electrons. The van der Waals surface area contributed by atoms with Gasteiger partial charge in [0.25, 0.3) is 0 Å². The van der Waals surface area contributed by atoms with Gasteiger partial charge in [-0.1, -0.05) is 0 Å². The van der Waals surface area contributed by atoms with Gasteiger partial charge in [0, 0.05) is 59.2 Å². The van der Waals surface area contributed by atoms with E-state index in [4.69, 9.17) is 0 Å². The second-order valence-corrected chi connectivity index (χ2v) is 4.55. The minimum Gasteiger partial charge on any atom is -0.355 e. The number of carbonyl (C=O) groups is 2. The van der Waals surface area contributed by atoms with E-state index in [1.165, 1.54) is 0 Å². The predicted molar refractivity (Wildman–Crippen MR) is 84.7 cm³/mol. The molecule has 0 aromatic rings. The van der Waals surface area contributed by atoms with Crippen LogP contribution < -0.4 is 10.6 Å². The van der Waals surface area contributed by atoms with Crippen LogP contribution in [0.4, 0.5) is 0 Å². The van der Waals surface area contributed by atoms with Gasteiger partial charge >= 0.3 is 0 Å². The van der Waals surface area contributed by atoms with Crippen LogP contribution in [-0.4, -0.2) is 74.5 Å². The summed E-state index contributed by atoms with van der Waals surface area (Å²) in [6.07, 6.45) is 0.522. The second-order valence-electron chi connectivity index (χ2n) is 4.55. The van der Waals surface area contributed by atoms with E-state index in [1.54, 1.807) is 6.92 Å². The first-order valence-corrected chi connectivity index (χ1v) is 6.52. The second kappa shape index (κ2) is 12.2. The number of nitrogens with zero attached hydrogens (tertiary/aromatic N) is 2. The van der Waals surface area contributed by atoms with Gasteiger partial charge < -0.3 is 15.5 Å². The number of hydrogen-bond donors (Lipinski definition) is 2. The Morgan fingerprint density at radius 1 is 1.05 bits per heavy atom. The molecule has 1 saturated heterocycles. The molecule has 6 nitrogen and oxygen atoms in total. The Bertz CT molecular complexity index is 285. The lowest BCUT2D eigenvalue weighted by atomic mass is 10.3. The molecule has 0 unspecified atom stereocenters. The van der Waals surface area contributed by atoms with E-state index in [1.807, 2.05) is 11.9 Å². The van der Waals surface area contributed by atoms with Crippen LogP contribution in [0.25, 0.3) is 0 Å². The van der Waals surface area contributed by atoms with Gasteiger partial charge in [-0.05, 0) is 7.05 Å². The van der Waals surface area contributed by atoms with Crippen LogP contribution in [0.2, 0.25) is 0 Å². The minimum absolute atomic E-state index is 0. The fourth-order valence-corrected chi connectivity index (χ4v) is 1.97. The molecule has 8 heteroatoms. The Balaban J connectivity index is 0. The molecule has 120 valence electrons. The molecule has 0 spiro atoms. The summed E-state index contributed by atoms with van der Waals surface area (Å²) in [6, 6.07) is 0. The van der Waals surface area contributed by atoms with Crippen molar-refractivity contribution in [3.8, 4) is 0 Å². The smallest absolute Gasteiger partial charge is 0.221 e. The molecule has 0 saturated carbocycles. The van der Waals surface area contributed by atoms with E-state index in [0.717, 1.165) is 32.7 Å². The number of amides is 2. The molecule has 20 heavy (non-hydrogen) atoms. The van der Waals surface area contributed by atoms with Crippen molar-refractivity contribution in [3.05, 3.63) is 0 Å². The summed E-state index contributed by atoms with van der Waals surface area (Å²) in [5, 5.41) is 5.84. The van der Waals surface area contributed by atoms with Gasteiger partial charge in [-0.15, -0.1) is 24.8 Å². The first-order chi connectivity index (χ1) is 8.63. The van der Waals surface area contributed by atoms with E-state index in [-0.39, 0.29) is 36.6 Å². The maximum Gasteiger partial charge on any atom is 0.221 e. The molecule has 1 aliphatic rings. The quantitative estimate of drug-likeness (QED) is 0.704. The molecule has 1 fully saturated rings. The van der Waals surface area contributed by atoms with Gasteiger partial charge in [-0.3, -0.25) is 14.5 Å². The molecule has 0 aromatic heterocycles. The summed E-state index contributed by atoms with van der Waals surface area (Å²) in [7, 11) is 1.84. The number of nitrogens with one attached hydrogen (secondary N) is 2. The molecule has 0 aliphatic carbocycles. The molecule has 1 aliphatic heterocycles. The predicted octanol–water partition coefficient (Wildman–Crippen LogP) is -0.280. The third-order valence-electron chi connectivity index (χ3n) is 3.17. The highest BCUT2D eigenvalue weighted by Crippen LogP contribution is 2.00. The largest absolute Gasteiger partial charge is 0.355 e. The number of piperazine rings is 1. The van der Waals surface area contributed by atoms with Gasteiger partial charge in [0.05, 0.1) is 0 Å². The first-order valence-electron chi connectivity index (χ1n) is 6.52. The van der Waals surface area contributed by atoms with Gasteiger partial charge in [0.2, 0.25) is 11.8 Å². The van der Waals surface area contributed by atoms with E-state index in [9.17, 15) is 9.59 Å². The fourth-order valence-electron chi connectivity index (χ4n) is 1.97. The van der Waals surface area contributed by atoms with Crippen LogP contribution in [0.5, 0.6) is 0 Å². The zero-order valence-corrected chi connectivity index (χ0v) is 13.8. The molecule has 2 N–H and O–H groups in total. The Labute approximate surface area is 133 Å². The SMILES string of the molecule is CNCCC(=O)NCCN1CCN(C(C)=O)CC1.Cl.Cl. The van der Waals surface area contributed by atoms with E-state index in [2.05, 4.69) is 15.5 Å². The van der Waals surface area contributed by atoms with Crippen molar-refractivity contribution in [2.24, 2.45) is 0 Å². The van der Waals surface area contributed by atoms with Crippen LogP contribution in [0.3, 0.4) is 0 Å². The summed E-state index contributed by atoms with van der Waals surface area (Å²) in [6.45, 7) is 7.24. The summed E-state index contributed by atoms with van der Waals surface area (Å²) in [4.78, 5) is 26.7. The average Bonchev–Trinajstić information content (AvgIpc) is 2.37. The van der Waals surface area contributed by atoms with Gasteiger partial charge in [-0.2, -0.15) is 0 Å². The van der Waals surface area contributed by atoms with E-state index in [0.29, 0.717) is 19.5 Å². The van der Waals surface area contributed by atoms with Crippen molar-refractivity contribution >= 4 is 36.6 Å². The summed E-state index contributed by atoms with van der Waals surface area (Å²) < 4.78 is 0. The molecular weight excluding hydrogens is 303 g/mol. The van der Waals surface area contributed by atoms with Crippen molar-refractivity contribution in [1.29, 1.82) is 0 Å². The lowest BCUT2D eigenvalue weighted by Crippen LogP contribution is -2.49. The van der Waals surface area contributed by atoms with Crippen LogP contribution >= 0.6 is 24.8 Å². The van der Waals surface area contributed by atoms with E-state index < -0.39 is 0 Å². The van der Waals surface area contributed by atoms with Gasteiger partial charge in [0.1, 0.15) is 0 Å². The number of carbonyl (C=O) groups excluding carboxylic acids is 2. The third kappa shape index (κ3) is 8.58. The highest BCUT2D eigenvalue weighted by atomic mass is 35.5. The fraction of sp³-hybridized carbons (Fsp3) is 0.833. The molecule has 0 atom stereocenters. The first kappa shape index (κ1) is 21.7. The average molecular weight is 329 g/mol. The number of halogens is 2. The summed E-state index contributed by atoms with van der Waals surface area (Å²) in [5.41, 5.74) is 0. The Morgan fingerprint density at radius 3 is 2.15 bits per heavy atom. The highest BCUT2D eigenvalue weighted by molar-refractivity contribution is 5.85. The maximum absolute atomic E-state index is 11.4. The van der Waals surface area contributed by atoms with Crippen molar-refractivity contribution in [2.45, 2.75) is 13.3 Å². The summed E-state index contributed by atoms with van der Waals surface area (Å²) >= 11 is 0. The third-order valence-corrected chi connectivity index (χ3v) is 3.17. The topological polar surface area (TPSA) is 64.7 Å².